The minimum Gasteiger partial charge on any atom is -0.384 e. The van der Waals surface area contributed by atoms with Gasteiger partial charge in [-0.05, 0) is 30.9 Å². The van der Waals surface area contributed by atoms with Gasteiger partial charge in [0.2, 0.25) is 0 Å². The Kier molecular flexibility index (Phi) is 3.44. The number of pyridine rings is 1. The van der Waals surface area contributed by atoms with E-state index < -0.39 is 0 Å². The van der Waals surface area contributed by atoms with Gasteiger partial charge in [0, 0.05) is 23.8 Å². The van der Waals surface area contributed by atoms with E-state index in [-0.39, 0.29) is 0 Å². The zero-order valence-corrected chi connectivity index (χ0v) is 10.7. The molecule has 1 fully saturated rings. The van der Waals surface area contributed by atoms with Gasteiger partial charge in [-0.2, -0.15) is 0 Å². The van der Waals surface area contributed by atoms with E-state index in [0.29, 0.717) is 0 Å². The van der Waals surface area contributed by atoms with Crippen LogP contribution in [0.5, 0.6) is 0 Å². The number of benzene rings is 1. The fourth-order valence-electron chi connectivity index (χ4n) is 2.90. The highest BCUT2D eigenvalue weighted by Gasteiger charge is 2.13. The summed E-state index contributed by atoms with van der Waals surface area (Å²) in [4.78, 5) is 4.40. The molecule has 1 N–H and O–H groups in total. The van der Waals surface area contributed by atoms with E-state index in [4.69, 9.17) is 0 Å². The summed E-state index contributed by atoms with van der Waals surface area (Å²) in [5.41, 5.74) is 2.30. The van der Waals surface area contributed by atoms with Crippen molar-refractivity contribution >= 4 is 16.6 Å². The largest absolute Gasteiger partial charge is 0.384 e. The highest BCUT2D eigenvalue weighted by Crippen LogP contribution is 2.26. The van der Waals surface area contributed by atoms with Gasteiger partial charge in [-0.15, -0.1) is 0 Å². The van der Waals surface area contributed by atoms with Crippen LogP contribution in [0, 0.1) is 5.92 Å². The van der Waals surface area contributed by atoms with Crippen molar-refractivity contribution < 1.29 is 0 Å². The number of hydrogen-bond acceptors (Lipinski definition) is 2. The van der Waals surface area contributed by atoms with Crippen molar-refractivity contribution in [2.75, 3.05) is 11.9 Å². The molecule has 1 heterocycles. The predicted molar refractivity (Wildman–Crippen MR) is 76.8 cm³/mol. The molecule has 2 aromatic rings. The van der Waals surface area contributed by atoms with Gasteiger partial charge in [-0.1, -0.05) is 37.5 Å². The van der Waals surface area contributed by atoms with Crippen LogP contribution >= 0.6 is 0 Å². The molecule has 2 nitrogen and oxygen atoms in total. The van der Waals surface area contributed by atoms with Crippen molar-refractivity contribution in [3.63, 3.8) is 0 Å². The van der Waals surface area contributed by atoms with E-state index >= 15 is 0 Å². The van der Waals surface area contributed by atoms with Crippen LogP contribution in [0.4, 0.5) is 5.69 Å². The van der Waals surface area contributed by atoms with Crippen LogP contribution in [0.3, 0.4) is 0 Å². The zero-order valence-electron chi connectivity index (χ0n) is 10.7. The molecule has 1 aliphatic rings. The van der Waals surface area contributed by atoms with Crippen LogP contribution in [0.2, 0.25) is 0 Å². The van der Waals surface area contributed by atoms with Crippen molar-refractivity contribution in [1.29, 1.82) is 0 Å². The first-order chi connectivity index (χ1) is 8.93. The van der Waals surface area contributed by atoms with Crippen molar-refractivity contribution in [3.8, 4) is 0 Å². The summed E-state index contributed by atoms with van der Waals surface area (Å²) in [6, 6.07) is 10.4. The van der Waals surface area contributed by atoms with Gasteiger partial charge in [-0.25, -0.2) is 0 Å². The van der Waals surface area contributed by atoms with E-state index in [1.165, 1.54) is 43.2 Å². The maximum atomic E-state index is 4.40. The molecule has 0 bridgehead atoms. The molecule has 0 spiro atoms. The average Bonchev–Trinajstić information content (AvgIpc) is 2.46. The highest BCUT2D eigenvalue weighted by atomic mass is 14.9. The minimum atomic E-state index is 0.852. The zero-order chi connectivity index (χ0) is 12.2. The van der Waals surface area contributed by atoms with Gasteiger partial charge in [0.05, 0.1) is 5.52 Å². The van der Waals surface area contributed by atoms with Crippen molar-refractivity contribution in [1.82, 2.24) is 4.98 Å². The van der Waals surface area contributed by atoms with Crippen LogP contribution in [-0.2, 0) is 0 Å². The molecule has 0 aliphatic heterocycles. The Morgan fingerprint density at radius 1 is 1.06 bits per heavy atom. The number of rotatable bonds is 3. The summed E-state index contributed by atoms with van der Waals surface area (Å²) in [6.45, 7) is 1.11. The second-order valence-electron chi connectivity index (χ2n) is 5.26. The fraction of sp³-hybridized carbons (Fsp3) is 0.438. The summed E-state index contributed by atoms with van der Waals surface area (Å²) in [7, 11) is 0. The smallest absolute Gasteiger partial charge is 0.0722 e. The Bertz CT molecular complexity index is 510. The SMILES string of the molecule is c1ccc2c(NCC3CCCCC3)ccnc2c1. The van der Waals surface area contributed by atoms with E-state index in [1.54, 1.807) is 0 Å². The van der Waals surface area contributed by atoms with Crippen molar-refractivity contribution in [2.24, 2.45) is 5.92 Å². The lowest BCUT2D eigenvalue weighted by Gasteiger charge is -2.22. The molecule has 0 radical (unpaired) electrons. The number of aromatic nitrogens is 1. The quantitative estimate of drug-likeness (QED) is 0.868. The second kappa shape index (κ2) is 5.38. The molecule has 3 rings (SSSR count). The van der Waals surface area contributed by atoms with E-state index in [0.717, 1.165) is 18.0 Å². The third-order valence-corrected chi connectivity index (χ3v) is 3.95. The maximum Gasteiger partial charge on any atom is 0.0722 e. The third-order valence-electron chi connectivity index (χ3n) is 3.95. The molecule has 94 valence electrons. The Hall–Kier alpha value is -1.57. The van der Waals surface area contributed by atoms with Gasteiger partial charge in [0.25, 0.3) is 0 Å². The van der Waals surface area contributed by atoms with Crippen LogP contribution in [0.1, 0.15) is 32.1 Å². The van der Waals surface area contributed by atoms with Crippen LogP contribution < -0.4 is 5.32 Å². The topological polar surface area (TPSA) is 24.9 Å². The van der Waals surface area contributed by atoms with Gasteiger partial charge in [0.1, 0.15) is 0 Å². The fourth-order valence-corrected chi connectivity index (χ4v) is 2.90. The van der Waals surface area contributed by atoms with Gasteiger partial charge >= 0.3 is 0 Å². The number of anilines is 1. The number of nitrogens with zero attached hydrogens (tertiary/aromatic N) is 1. The summed E-state index contributed by atoms with van der Waals surface area (Å²) in [5, 5.41) is 4.85. The maximum absolute atomic E-state index is 4.40. The average molecular weight is 240 g/mol. The first-order valence-electron chi connectivity index (χ1n) is 7.01. The lowest BCUT2D eigenvalue weighted by molar-refractivity contribution is 0.373. The van der Waals surface area contributed by atoms with Crippen LogP contribution in [-0.4, -0.2) is 11.5 Å². The summed E-state index contributed by atoms with van der Waals surface area (Å²) < 4.78 is 0. The van der Waals surface area contributed by atoms with E-state index in [9.17, 15) is 0 Å². The highest BCUT2D eigenvalue weighted by molar-refractivity contribution is 5.90. The Balaban J connectivity index is 1.74. The molecule has 18 heavy (non-hydrogen) atoms. The Labute approximate surface area is 108 Å². The standard InChI is InChI=1S/C16H20N2/c1-2-6-13(7-3-1)12-18-16-10-11-17-15-9-5-4-8-14(15)16/h4-5,8-11,13H,1-3,6-7,12H2,(H,17,18). The summed E-state index contributed by atoms with van der Waals surface area (Å²) >= 11 is 0. The molecule has 1 aliphatic carbocycles. The Morgan fingerprint density at radius 2 is 1.89 bits per heavy atom. The number of hydrogen-bond donors (Lipinski definition) is 1. The lowest BCUT2D eigenvalue weighted by Crippen LogP contribution is -2.17. The van der Waals surface area contributed by atoms with Gasteiger partial charge in [0.15, 0.2) is 0 Å². The predicted octanol–water partition coefficient (Wildman–Crippen LogP) is 4.23. The molecule has 1 saturated carbocycles. The van der Waals surface area contributed by atoms with Crippen LogP contribution in [0.25, 0.3) is 10.9 Å². The summed E-state index contributed by atoms with van der Waals surface area (Å²) in [6.07, 6.45) is 8.90. The molecule has 0 atom stereocenters. The molecular formula is C16H20N2. The molecular weight excluding hydrogens is 220 g/mol. The first-order valence-corrected chi connectivity index (χ1v) is 7.01. The number of nitrogens with one attached hydrogen (secondary N) is 1. The Morgan fingerprint density at radius 3 is 2.78 bits per heavy atom. The molecule has 0 amide bonds. The molecule has 0 saturated heterocycles. The lowest BCUT2D eigenvalue weighted by atomic mass is 9.89. The first kappa shape index (κ1) is 11.5. The number of fused-ring (bicyclic) bond motifs is 1. The molecule has 2 heteroatoms. The third kappa shape index (κ3) is 2.47. The van der Waals surface area contributed by atoms with E-state index in [1.807, 2.05) is 12.3 Å². The summed E-state index contributed by atoms with van der Waals surface area (Å²) in [5.74, 6) is 0.852. The van der Waals surface area contributed by atoms with Gasteiger partial charge < -0.3 is 5.32 Å². The van der Waals surface area contributed by atoms with Crippen molar-refractivity contribution in [3.05, 3.63) is 36.5 Å². The minimum absolute atomic E-state index is 0.852. The van der Waals surface area contributed by atoms with E-state index in [2.05, 4.69) is 34.6 Å². The number of para-hydroxylation sites is 1. The van der Waals surface area contributed by atoms with Crippen LogP contribution in [0.15, 0.2) is 36.5 Å². The second-order valence-corrected chi connectivity index (χ2v) is 5.26. The molecule has 0 unspecified atom stereocenters. The normalized spacial score (nSPS) is 16.9. The molecule has 1 aromatic carbocycles. The monoisotopic (exact) mass is 240 g/mol. The van der Waals surface area contributed by atoms with Gasteiger partial charge in [-0.3, -0.25) is 4.98 Å². The molecule has 1 aromatic heterocycles. The van der Waals surface area contributed by atoms with Crippen molar-refractivity contribution in [2.45, 2.75) is 32.1 Å².